The molecule has 0 unspecified atom stereocenters. The molecule has 0 aromatic heterocycles. The van der Waals surface area contributed by atoms with Crippen LogP contribution in [0.25, 0.3) is 0 Å². The van der Waals surface area contributed by atoms with Gasteiger partial charge in [-0.05, 0) is 46.3 Å². The number of anilines is 2. The Kier molecular flexibility index (Phi) is 4.07. The highest BCUT2D eigenvalue weighted by atomic mass is 79.9. The zero-order valence-electron chi connectivity index (χ0n) is 9.58. The van der Waals surface area contributed by atoms with Crippen molar-refractivity contribution in [2.24, 2.45) is 0 Å². The van der Waals surface area contributed by atoms with E-state index in [4.69, 9.17) is 17.3 Å². The molecule has 0 heterocycles. The van der Waals surface area contributed by atoms with E-state index in [-0.39, 0.29) is 15.7 Å². The third-order valence-corrected chi connectivity index (χ3v) is 3.41. The number of nitrogens with one attached hydrogen (secondary N) is 1. The Hall–Kier alpha value is -1.59. The topological polar surface area (TPSA) is 55.1 Å². The van der Waals surface area contributed by atoms with E-state index in [1.807, 2.05) is 0 Å². The first-order valence-corrected chi connectivity index (χ1v) is 6.46. The van der Waals surface area contributed by atoms with Gasteiger partial charge in [0.15, 0.2) is 0 Å². The van der Waals surface area contributed by atoms with Gasteiger partial charge in [-0.3, -0.25) is 4.79 Å². The number of nitrogens with two attached hydrogens (primary N) is 1. The van der Waals surface area contributed by atoms with E-state index in [1.54, 1.807) is 18.2 Å². The predicted octanol–water partition coefficient (Wildman–Crippen LogP) is 4.08. The number of hydrogen-bond donors (Lipinski definition) is 2. The highest BCUT2D eigenvalue weighted by Gasteiger charge is 2.12. The summed E-state index contributed by atoms with van der Waals surface area (Å²) in [6.07, 6.45) is 0. The molecule has 0 aliphatic carbocycles. The van der Waals surface area contributed by atoms with Gasteiger partial charge in [0.1, 0.15) is 5.82 Å². The molecule has 3 N–H and O–H groups in total. The lowest BCUT2D eigenvalue weighted by molar-refractivity contribution is 0.102. The van der Waals surface area contributed by atoms with Crippen molar-refractivity contribution in [3.8, 4) is 0 Å². The number of para-hydroxylation sites is 1. The predicted molar refractivity (Wildman–Crippen MR) is 77.9 cm³/mol. The number of hydrogen-bond acceptors (Lipinski definition) is 2. The number of amides is 1. The van der Waals surface area contributed by atoms with Crippen molar-refractivity contribution in [2.45, 2.75) is 0 Å². The zero-order chi connectivity index (χ0) is 14.0. The molecule has 98 valence electrons. The van der Waals surface area contributed by atoms with Gasteiger partial charge in [0.25, 0.3) is 5.91 Å². The number of nitrogen functional groups attached to an aromatic ring is 1. The van der Waals surface area contributed by atoms with Gasteiger partial charge in [-0.1, -0.05) is 17.7 Å². The van der Waals surface area contributed by atoms with Gasteiger partial charge in [-0.2, -0.15) is 0 Å². The van der Waals surface area contributed by atoms with Gasteiger partial charge in [0.05, 0.1) is 20.7 Å². The zero-order valence-corrected chi connectivity index (χ0v) is 11.9. The molecule has 19 heavy (non-hydrogen) atoms. The molecule has 1 amide bonds. The van der Waals surface area contributed by atoms with E-state index < -0.39 is 11.7 Å². The smallest absolute Gasteiger partial charge is 0.257 e. The van der Waals surface area contributed by atoms with Crippen LogP contribution in [-0.4, -0.2) is 5.91 Å². The summed E-state index contributed by atoms with van der Waals surface area (Å²) in [7, 11) is 0. The van der Waals surface area contributed by atoms with Crippen LogP contribution >= 0.6 is 27.5 Å². The second-order valence-corrected chi connectivity index (χ2v) is 5.05. The van der Waals surface area contributed by atoms with Gasteiger partial charge in [-0.25, -0.2) is 4.39 Å². The molecule has 0 fully saturated rings. The Morgan fingerprint density at radius 3 is 2.74 bits per heavy atom. The largest absolute Gasteiger partial charge is 0.397 e. The molecule has 2 aromatic carbocycles. The van der Waals surface area contributed by atoms with Gasteiger partial charge in [0.2, 0.25) is 0 Å². The van der Waals surface area contributed by atoms with Crippen LogP contribution in [0.5, 0.6) is 0 Å². The maximum absolute atomic E-state index is 13.1. The fraction of sp³-hybridized carbons (Fsp3) is 0. The molecule has 3 nitrogen and oxygen atoms in total. The second-order valence-electron chi connectivity index (χ2n) is 3.78. The Morgan fingerprint density at radius 1 is 1.32 bits per heavy atom. The van der Waals surface area contributed by atoms with Crippen molar-refractivity contribution in [3.05, 3.63) is 57.3 Å². The summed E-state index contributed by atoms with van der Waals surface area (Å²) >= 11 is 8.89. The van der Waals surface area contributed by atoms with Crippen molar-refractivity contribution in [1.82, 2.24) is 0 Å². The third-order valence-electron chi connectivity index (χ3n) is 2.48. The molecule has 0 atom stereocenters. The lowest BCUT2D eigenvalue weighted by atomic mass is 10.1. The molecular formula is C13H9BrClFN2O. The quantitative estimate of drug-likeness (QED) is 0.807. The summed E-state index contributed by atoms with van der Waals surface area (Å²) in [6.45, 7) is 0. The number of carbonyl (C=O) groups excluding carboxylic acids is 1. The van der Waals surface area contributed by atoms with Crippen LogP contribution in [0.15, 0.2) is 40.9 Å². The summed E-state index contributed by atoms with van der Waals surface area (Å²) in [5.41, 5.74) is 6.67. The second kappa shape index (κ2) is 5.59. The Balaban J connectivity index is 2.26. The Morgan fingerprint density at radius 2 is 2.05 bits per heavy atom. The first-order valence-electron chi connectivity index (χ1n) is 5.29. The normalized spacial score (nSPS) is 10.3. The molecule has 2 rings (SSSR count). The molecule has 0 aliphatic rings. The van der Waals surface area contributed by atoms with Gasteiger partial charge in [0, 0.05) is 5.69 Å². The minimum absolute atomic E-state index is 0.211. The van der Waals surface area contributed by atoms with Crippen LogP contribution in [0.4, 0.5) is 15.8 Å². The number of carbonyl (C=O) groups is 1. The lowest BCUT2D eigenvalue weighted by Gasteiger charge is -2.09. The third kappa shape index (κ3) is 3.05. The highest BCUT2D eigenvalue weighted by Crippen LogP contribution is 2.24. The first-order chi connectivity index (χ1) is 8.99. The monoisotopic (exact) mass is 342 g/mol. The molecule has 0 bridgehead atoms. The molecular weight excluding hydrogens is 335 g/mol. The lowest BCUT2D eigenvalue weighted by Crippen LogP contribution is -2.14. The van der Waals surface area contributed by atoms with Crippen molar-refractivity contribution in [1.29, 1.82) is 0 Å². The van der Waals surface area contributed by atoms with Crippen LogP contribution in [-0.2, 0) is 0 Å². The fourth-order valence-corrected chi connectivity index (χ4v) is 2.06. The molecule has 0 saturated carbocycles. The van der Waals surface area contributed by atoms with E-state index in [0.29, 0.717) is 10.7 Å². The summed E-state index contributed by atoms with van der Waals surface area (Å²) in [4.78, 5) is 12.0. The average Bonchev–Trinajstić information content (AvgIpc) is 2.37. The molecule has 0 aliphatic heterocycles. The highest BCUT2D eigenvalue weighted by molar-refractivity contribution is 9.10. The van der Waals surface area contributed by atoms with Crippen LogP contribution in [0, 0.1) is 5.82 Å². The minimum Gasteiger partial charge on any atom is -0.397 e. The molecule has 0 saturated heterocycles. The van der Waals surface area contributed by atoms with E-state index in [0.717, 1.165) is 0 Å². The summed E-state index contributed by atoms with van der Waals surface area (Å²) in [5.74, 6) is -0.807. The standard InChI is InChI=1S/C13H9BrClFN2O/c14-9-6-7(4-5-11(9)16)18-13(19)8-2-1-3-10(15)12(8)17/h1-6H,17H2,(H,18,19). The van der Waals surface area contributed by atoms with Crippen LogP contribution in [0.1, 0.15) is 10.4 Å². The number of rotatable bonds is 2. The van der Waals surface area contributed by atoms with Gasteiger partial charge >= 0.3 is 0 Å². The van der Waals surface area contributed by atoms with Crippen molar-refractivity contribution in [2.75, 3.05) is 11.1 Å². The van der Waals surface area contributed by atoms with E-state index >= 15 is 0 Å². The first kappa shape index (κ1) is 13.8. The molecule has 0 spiro atoms. The summed E-state index contributed by atoms with van der Waals surface area (Å²) in [5, 5.41) is 2.93. The fourth-order valence-electron chi connectivity index (χ4n) is 1.51. The summed E-state index contributed by atoms with van der Waals surface area (Å²) < 4.78 is 13.3. The average molecular weight is 344 g/mol. The van der Waals surface area contributed by atoms with Crippen molar-refractivity contribution in [3.63, 3.8) is 0 Å². The minimum atomic E-state index is -0.404. The van der Waals surface area contributed by atoms with Crippen LogP contribution in [0.2, 0.25) is 5.02 Å². The van der Waals surface area contributed by atoms with Crippen LogP contribution in [0.3, 0.4) is 0 Å². The molecule has 0 radical (unpaired) electrons. The molecule has 6 heteroatoms. The summed E-state index contributed by atoms with van der Waals surface area (Å²) in [6, 6.07) is 8.97. The van der Waals surface area contributed by atoms with Gasteiger partial charge < -0.3 is 11.1 Å². The number of benzene rings is 2. The van der Waals surface area contributed by atoms with Crippen LogP contribution < -0.4 is 11.1 Å². The van der Waals surface area contributed by atoms with E-state index in [2.05, 4.69) is 21.2 Å². The number of halogens is 3. The molecule has 2 aromatic rings. The maximum Gasteiger partial charge on any atom is 0.257 e. The van der Waals surface area contributed by atoms with E-state index in [9.17, 15) is 9.18 Å². The Labute approximate surface area is 122 Å². The Bertz CT molecular complexity index is 649. The SMILES string of the molecule is Nc1c(Cl)cccc1C(=O)Nc1ccc(F)c(Br)c1. The van der Waals surface area contributed by atoms with Gasteiger partial charge in [-0.15, -0.1) is 0 Å². The maximum atomic E-state index is 13.1. The van der Waals surface area contributed by atoms with E-state index in [1.165, 1.54) is 18.2 Å². The van der Waals surface area contributed by atoms with Crippen molar-refractivity contribution >= 4 is 44.8 Å². The van der Waals surface area contributed by atoms with Crippen molar-refractivity contribution < 1.29 is 9.18 Å².